The number of phenolic OH excluding ortho intramolecular Hbond substituents is 1. The van der Waals surface area contributed by atoms with Gasteiger partial charge in [0.15, 0.2) is 18.1 Å². The van der Waals surface area contributed by atoms with Crippen LogP contribution in [0.1, 0.15) is 56.2 Å². The van der Waals surface area contributed by atoms with Crippen molar-refractivity contribution in [2.75, 3.05) is 27.6 Å². The third-order valence-corrected chi connectivity index (χ3v) is 7.42. The summed E-state index contributed by atoms with van der Waals surface area (Å²) in [6.07, 6.45) is 0. The summed E-state index contributed by atoms with van der Waals surface area (Å²) in [6.45, 7) is 15.3. The van der Waals surface area contributed by atoms with Gasteiger partial charge in [-0.15, -0.1) is 0 Å². The average Bonchev–Trinajstić information content (AvgIpc) is 3.02. The van der Waals surface area contributed by atoms with E-state index in [4.69, 9.17) is 26.0 Å². The summed E-state index contributed by atoms with van der Waals surface area (Å²) in [5.41, 5.74) is 1.98. The van der Waals surface area contributed by atoms with E-state index < -0.39 is 26.7 Å². The van der Waals surface area contributed by atoms with E-state index in [-0.39, 0.29) is 52.0 Å². The van der Waals surface area contributed by atoms with E-state index in [2.05, 4.69) is 9.03 Å². The van der Waals surface area contributed by atoms with Crippen molar-refractivity contribution in [3.8, 4) is 29.1 Å². The maximum Gasteiger partial charge on any atom is 0.332 e. The molecule has 3 aromatic carbocycles. The minimum atomic E-state index is -3.75. The molecule has 0 atom stereocenters. The molecule has 47 heavy (non-hydrogen) atoms. The first kappa shape index (κ1) is 39.6. The Labute approximate surface area is 273 Å². The summed E-state index contributed by atoms with van der Waals surface area (Å²) < 4.78 is 42.2. The fourth-order valence-electron chi connectivity index (χ4n) is 3.77. The molecule has 1 N–H and O–H groups in total. The zero-order chi connectivity index (χ0) is 35.9. The molecule has 0 fully saturated rings. The molecule has 0 aliphatic heterocycles. The monoisotopic (exact) mass is 672 g/mol. The lowest BCUT2D eigenvalue weighted by atomic mass is 10.0. The van der Waals surface area contributed by atoms with E-state index in [9.17, 15) is 33.8 Å². The van der Waals surface area contributed by atoms with Crippen LogP contribution >= 0.6 is 0 Å². The standard InChI is InChI=1S/C12H14N2O4.C10H13NO4.C9H9NO3S/c1-8(2)9-6-12(17-3)10(14(15)16)7-11(9)18-5-4-13;1-6(2)7-4-10(15-3)8(11(13)14)5-9(7)12;1-8-3-5-9(6-4-8)14(11,12)13-7-10-2/h6-8H,5H2,1-3H3;4-6,12H,1-3H3;3-6H,7H2,1H3. The van der Waals surface area contributed by atoms with Crippen molar-refractivity contribution in [3.05, 3.63) is 96.9 Å². The Morgan fingerprint density at radius 2 is 1.38 bits per heavy atom. The van der Waals surface area contributed by atoms with Crippen LogP contribution in [0.4, 0.5) is 11.4 Å². The van der Waals surface area contributed by atoms with Crippen molar-refractivity contribution in [1.82, 2.24) is 0 Å². The van der Waals surface area contributed by atoms with E-state index in [1.807, 2.05) is 40.7 Å². The number of rotatable bonds is 11. The molecule has 0 heterocycles. The smallest absolute Gasteiger partial charge is 0.332 e. The molecule has 3 rings (SSSR count). The molecule has 0 spiro atoms. The summed E-state index contributed by atoms with van der Waals surface area (Å²) >= 11 is 0. The number of aryl methyl sites for hydroxylation is 1. The highest BCUT2D eigenvalue weighted by Crippen LogP contribution is 2.38. The highest BCUT2D eigenvalue weighted by molar-refractivity contribution is 7.86. The Hall–Kier alpha value is -5.45. The number of benzene rings is 3. The number of nitro groups is 2. The molecule has 0 aromatic heterocycles. The van der Waals surface area contributed by atoms with Crippen LogP contribution < -0.4 is 14.2 Å². The SMILES string of the molecule is COc1cc(C(C)C)c(O)cc1[N+](=O)[O-].COc1cc(C(C)C)c(OCC#N)cc1[N+](=O)[O-].[C-]#[N+]COS(=O)(=O)c1ccc(C)cc1. The number of nitro benzene ring substituents is 2. The average molecular weight is 673 g/mol. The van der Waals surface area contributed by atoms with Gasteiger partial charge in [-0.25, -0.2) is 6.57 Å². The van der Waals surface area contributed by atoms with Crippen LogP contribution in [0.3, 0.4) is 0 Å². The van der Waals surface area contributed by atoms with E-state index in [0.29, 0.717) is 11.3 Å². The van der Waals surface area contributed by atoms with Crippen LogP contribution in [0.5, 0.6) is 23.0 Å². The first-order valence-electron chi connectivity index (χ1n) is 13.7. The third kappa shape index (κ3) is 11.8. The van der Waals surface area contributed by atoms with E-state index in [1.165, 1.54) is 38.5 Å². The second-order valence-electron chi connectivity index (χ2n) is 10.1. The van der Waals surface area contributed by atoms with E-state index in [1.54, 1.807) is 18.2 Å². The zero-order valence-corrected chi connectivity index (χ0v) is 27.7. The van der Waals surface area contributed by atoms with Gasteiger partial charge in [0, 0.05) is 11.1 Å². The number of ether oxygens (including phenoxy) is 3. The minimum Gasteiger partial charge on any atom is -0.507 e. The summed E-state index contributed by atoms with van der Waals surface area (Å²) in [6, 6.07) is 13.6. The number of nitriles is 1. The van der Waals surface area contributed by atoms with Crippen molar-refractivity contribution in [2.45, 2.75) is 51.3 Å². The van der Waals surface area contributed by atoms with Crippen LogP contribution in [0.2, 0.25) is 0 Å². The van der Waals surface area contributed by atoms with Gasteiger partial charge >= 0.3 is 28.2 Å². The Balaban J connectivity index is 0.000000356. The first-order valence-corrected chi connectivity index (χ1v) is 15.2. The van der Waals surface area contributed by atoms with Crippen molar-refractivity contribution in [2.24, 2.45) is 0 Å². The van der Waals surface area contributed by atoms with Gasteiger partial charge in [0.2, 0.25) is 0 Å². The molecule has 15 nitrogen and oxygen atoms in total. The predicted octanol–water partition coefficient (Wildman–Crippen LogP) is 6.64. The molecule has 0 unspecified atom stereocenters. The fraction of sp³-hybridized carbons (Fsp3) is 0.355. The Kier molecular flexibility index (Phi) is 15.6. The number of methoxy groups -OCH3 is 2. The van der Waals surface area contributed by atoms with E-state index >= 15 is 0 Å². The van der Waals surface area contributed by atoms with Crippen LogP contribution in [-0.4, -0.2) is 50.9 Å². The molecular weight excluding hydrogens is 636 g/mol. The fourth-order valence-corrected chi connectivity index (χ4v) is 4.56. The third-order valence-electron chi connectivity index (χ3n) is 6.15. The molecule has 0 bridgehead atoms. The van der Waals surface area contributed by atoms with Gasteiger partial charge in [0.25, 0.3) is 0 Å². The lowest BCUT2D eigenvalue weighted by Gasteiger charge is -2.14. The maximum atomic E-state index is 11.3. The second-order valence-corrected chi connectivity index (χ2v) is 11.7. The summed E-state index contributed by atoms with van der Waals surface area (Å²) in [5.74, 6) is 0.819. The molecule has 0 saturated heterocycles. The van der Waals surface area contributed by atoms with Crippen LogP contribution in [0.15, 0.2) is 53.4 Å². The van der Waals surface area contributed by atoms with Gasteiger partial charge < -0.3 is 19.3 Å². The lowest BCUT2D eigenvalue weighted by Crippen LogP contribution is -2.05. The van der Waals surface area contributed by atoms with Gasteiger partial charge in [-0.05, 0) is 43.0 Å². The highest BCUT2D eigenvalue weighted by Gasteiger charge is 2.22. The molecule has 0 saturated carbocycles. The van der Waals surface area contributed by atoms with Gasteiger partial charge in [-0.3, -0.25) is 25.1 Å². The van der Waals surface area contributed by atoms with Crippen molar-refractivity contribution in [1.29, 1.82) is 5.26 Å². The number of hydrogen-bond donors (Lipinski definition) is 1. The maximum absolute atomic E-state index is 11.3. The van der Waals surface area contributed by atoms with Crippen molar-refractivity contribution >= 4 is 21.5 Å². The van der Waals surface area contributed by atoms with Gasteiger partial charge in [-0.2, -0.15) is 17.9 Å². The number of phenols is 1. The first-order chi connectivity index (χ1) is 22.0. The van der Waals surface area contributed by atoms with Crippen LogP contribution in [-0.2, 0) is 14.3 Å². The van der Waals surface area contributed by atoms with Gasteiger partial charge in [-0.1, -0.05) is 45.4 Å². The predicted molar refractivity (Wildman–Crippen MR) is 171 cm³/mol. The van der Waals surface area contributed by atoms with Crippen LogP contribution in [0.25, 0.3) is 4.85 Å². The summed E-state index contributed by atoms with van der Waals surface area (Å²) in [7, 11) is -1.01. The molecule has 0 radical (unpaired) electrons. The number of aromatic hydroxyl groups is 1. The lowest BCUT2D eigenvalue weighted by molar-refractivity contribution is -0.386. The number of hydrogen-bond acceptors (Lipinski definition) is 12. The molecule has 16 heteroatoms. The molecule has 0 aliphatic carbocycles. The quantitative estimate of drug-likeness (QED) is 0.0985. The van der Waals surface area contributed by atoms with Gasteiger partial charge in [0.1, 0.15) is 17.6 Å². The van der Waals surface area contributed by atoms with E-state index in [0.717, 1.165) is 17.2 Å². The summed E-state index contributed by atoms with van der Waals surface area (Å²) in [4.78, 5) is 23.3. The Morgan fingerprint density at radius 3 is 1.81 bits per heavy atom. The topological polar surface area (TPSA) is 206 Å². The Morgan fingerprint density at radius 1 is 0.894 bits per heavy atom. The normalized spacial score (nSPS) is 10.4. The van der Waals surface area contributed by atoms with Crippen molar-refractivity contribution in [3.63, 3.8) is 0 Å². The summed E-state index contributed by atoms with van der Waals surface area (Å²) in [5, 5.41) is 39.6. The molecule has 252 valence electrons. The van der Waals surface area contributed by atoms with Crippen LogP contribution in [0, 0.1) is 45.1 Å². The largest absolute Gasteiger partial charge is 0.507 e. The minimum absolute atomic E-state index is 0.0718. The molecule has 0 aliphatic rings. The second kappa shape index (κ2) is 18.5. The zero-order valence-electron chi connectivity index (χ0n) is 26.9. The Bertz CT molecular complexity index is 1730. The molecule has 0 amide bonds. The molecular formula is C31H36N4O11S. The van der Waals surface area contributed by atoms with Crippen molar-refractivity contribution < 1.29 is 41.8 Å². The van der Waals surface area contributed by atoms with Gasteiger partial charge in [0.05, 0.1) is 41.1 Å². The highest BCUT2D eigenvalue weighted by atomic mass is 32.2. The molecule has 3 aromatic rings. The number of nitrogens with zero attached hydrogens (tertiary/aromatic N) is 4.